The molecule has 6 heteroatoms. The highest BCUT2D eigenvalue weighted by Crippen LogP contribution is 2.19. The maximum atomic E-state index is 5.91. The minimum Gasteiger partial charge on any atom is -0.385 e. The van der Waals surface area contributed by atoms with Gasteiger partial charge < -0.3 is 9.30 Å². The molecule has 2 aromatic heterocycles. The number of ether oxygens (including phenoxy) is 1. The average Bonchev–Trinajstić information content (AvgIpc) is 2.71. The van der Waals surface area contributed by atoms with Gasteiger partial charge >= 0.3 is 0 Å². The van der Waals surface area contributed by atoms with Crippen LogP contribution in [0.4, 0.5) is 0 Å². The Morgan fingerprint density at radius 1 is 1.39 bits per heavy atom. The van der Waals surface area contributed by atoms with Crippen LogP contribution >= 0.6 is 23.2 Å². The molecule has 0 aliphatic heterocycles. The Balaban J connectivity index is 2.23. The summed E-state index contributed by atoms with van der Waals surface area (Å²) in [5.41, 5.74) is 1.64. The van der Waals surface area contributed by atoms with E-state index in [-0.39, 0.29) is 0 Å². The van der Waals surface area contributed by atoms with Crippen LogP contribution in [-0.2, 0) is 17.2 Å². The van der Waals surface area contributed by atoms with Gasteiger partial charge in [0.25, 0.3) is 0 Å². The van der Waals surface area contributed by atoms with Crippen LogP contribution in [0.15, 0.2) is 12.3 Å². The molecule has 2 rings (SSSR count). The molecule has 0 bridgehead atoms. The van der Waals surface area contributed by atoms with Crippen LogP contribution in [0.2, 0.25) is 5.02 Å². The van der Waals surface area contributed by atoms with Crippen LogP contribution in [0.1, 0.15) is 18.7 Å². The summed E-state index contributed by atoms with van der Waals surface area (Å²) in [5.74, 6) is 1.21. The third kappa shape index (κ3) is 2.94. The first-order valence-corrected chi connectivity index (χ1v) is 6.73. The number of alkyl halides is 1. The molecule has 0 aliphatic carbocycles. The molecule has 98 valence electrons. The fraction of sp³-hybridized carbons (Fsp3) is 0.500. The second-order valence-corrected chi connectivity index (χ2v) is 4.71. The third-order valence-corrected chi connectivity index (χ3v) is 3.18. The highest BCUT2D eigenvalue weighted by molar-refractivity contribution is 6.31. The van der Waals surface area contributed by atoms with Crippen molar-refractivity contribution in [3.8, 4) is 0 Å². The fourth-order valence-electron chi connectivity index (χ4n) is 1.89. The van der Waals surface area contributed by atoms with Crippen molar-refractivity contribution in [3.63, 3.8) is 0 Å². The van der Waals surface area contributed by atoms with Gasteiger partial charge in [-0.15, -0.1) is 11.6 Å². The van der Waals surface area contributed by atoms with Gasteiger partial charge in [0.05, 0.1) is 10.9 Å². The highest BCUT2D eigenvalue weighted by Gasteiger charge is 2.11. The lowest BCUT2D eigenvalue weighted by Gasteiger charge is -2.06. The maximum absolute atomic E-state index is 5.91. The molecule has 0 spiro atoms. The molecule has 0 aromatic carbocycles. The van der Waals surface area contributed by atoms with E-state index in [9.17, 15) is 0 Å². The van der Waals surface area contributed by atoms with E-state index in [4.69, 9.17) is 27.9 Å². The van der Waals surface area contributed by atoms with Crippen molar-refractivity contribution >= 4 is 34.4 Å². The summed E-state index contributed by atoms with van der Waals surface area (Å²) in [6.07, 6.45) is 3.65. The Hall–Kier alpha value is -0.840. The molecule has 0 atom stereocenters. The topological polar surface area (TPSA) is 39.9 Å². The summed E-state index contributed by atoms with van der Waals surface area (Å²) >= 11 is 11.8. The van der Waals surface area contributed by atoms with Crippen molar-refractivity contribution in [2.75, 3.05) is 13.7 Å². The first kappa shape index (κ1) is 13.6. The number of aryl methyl sites for hydroxylation is 1. The highest BCUT2D eigenvalue weighted by atomic mass is 35.5. The van der Waals surface area contributed by atoms with E-state index in [1.807, 2.05) is 10.6 Å². The second-order valence-electron chi connectivity index (χ2n) is 4.01. The largest absolute Gasteiger partial charge is 0.385 e. The van der Waals surface area contributed by atoms with E-state index in [2.05, 4.69) is 9.97 Å². The third-order valence-electron chi connectivity index (χ3n) is 2.73. The number of imidazole rings is 1. The first-order chi connectivity index (χ1) is 8.76. The molecule has 0 aliphatic rings. The summed E-state index contributed by atoms with van der Waals surface area (Å²) in [6.45, 7) is 1.61. The zero-order valence-corrected chi connectivity index (χ0v) is 11.7. The average molecular weight is 288 g/mol. The number of pyridine rings is 1. The number of hydrogen-bond acceptors (Lipinski definition) is 3. The molecule has 0 radical (unpaired) electrons. The molecule has 18 heavy (non-hydrogen) atoms. The van der Waals surface area contributed by atoms with Crippen LogP contribution in [0, 0.1) is 0 Å². The van der Waals surface area contributed by atoms with E-state index in [1.165, 1.54) is 0 Å². The predicted octanol–water partition coefficient (Wildman–Crippen LogP) is 3.25. The van der Waals surface area contributed by atoms with Gasteiger partial charge in [0.1, 0.15) is 11.3 Å². The van der Waals surface area contributed by atoms with Gasteiger partial charge in [-0.2, -0.15) is 0 Å². The van der Waals surface area contributed by atoms with Gasteiger partial charge in [0.15, 0.2) is 5.65 Å². The van der Waals surface area contributed by atoms with Gasteiger partial charge in [0.2, 0.25) is 0 Å². The standard InChI is InChI=1S/C12H15Cl2N3O/c1-18-5-3-2-4-17-11(7-13)16-10-6-9(14)8-15-12(10)17/h6,8H,2-5,7H2,1H3. The zero-order valence-electron chi connectivity index (χ0n) is 10.2. The number of halogens is 2. The molecule has 0 unspecified atom stereocenters. The van der Waals surface area contributed by atoms with Crippen LogP contribution in [-0.4, -0.2) is 28.3 Å². The number of unbranched alkanes of at least 4 members (excludes halogenated alkanes) is 1. The Bertz CT molecular complexity index is 527. The lowest BCUT2D eigenvalue weighted by atomic mass is 10.3. The van der Waals surface area contributed by atoms with Crippen molar-refractivity contribution < 1.29 is 4.74 Å². The van der Waals surface area contributed by atoms with Crippen molar-refractivity contribution in [3.05, 3.63) is 23.1 Å². The van der Waals surface area contributed by atoms with Crippen molar-refractivity contribution in [1.29, 1.82) is 0 Å². The molecule has 4 nitrogen and oxygen atoms in total. The SMILES string of the molecule is COCCCCn1c(CCl)nc2cc(Cl)cnc21. The number of nitrogens with zero attached hydrogens (tertiary/aromatic N) is 3. The minimum absolute atomic E-state index is 0.373. The first-order valence-electron chi connectivity index (χ1n) is 5.82. The lowest BCUT2D eigenvalue weighted by molar-refractivity contribution is 0.191. The summed E-state index contributed by atoms with van der Waals surface area (Å²) in [7, 11) is 1.71. The van der Waals surface area contributed by atoms with Crippen molar-refractivity contribution in [2.24, 2.45) is 0 Å². The Labute approximate surface area is 116 Å². The van der Waals surface area contributed by atoms with Gasteiger partial charge in [-0.1, -0.05) is 11.6 Å². The lowest BCUT2D eigenvalue weighted by Crippen LogP contribution is -2.04. The predicted molar refractivity (Wildman–Crippen MR) is 73.2 cm³/mol. The van der Waals surface area contributed by atoms with E-state index in [1.54, 1.807) is 13.3 Å². The van der Waals surface area contributed by atoms with Crippen LogP contribution in [0.5, 0.6) is 0 Å². The Morgan fingerprint density at radius 3 is 2.94 bits per heavy atom. The summed E-state index contributed by atoms with van der Waals surface area (Å²) < 4.78 is 7.09. The van der Waals surface area contributed by atoms with Gasteiger partial charge in [-0.3, -0.25) is 0 Å². The van der Waals surface area contributed by atoms with Crippen LogP contribution in [0.3, 0.4) is 0 Å². The molecule has 0 fully saturated rings. The van der Waals surface area contributed by atoms with Crippen molar-refractivity contribution in [2.45, 2.75) is 25.3 Å². The zero-order chi connectivity index (χ0) is 13.0. The monoisotopic (exact) mass is 287 g/mol. The van der Waals surface area contributed by atoms with E-state index in [0.29, 0.717) is 10.9 Å². The molecule has 2 aromatic rings. The molecule has 0 saturated carbocycles. The summed E-state index contributed by atoms with van der Waals surface area (Å²) in [5, 5.41) is 0.590. The number of rotatable bonds is 6. The number of aromatic nitrogens is 3. The van der Waals surface area contributed by atoms with Gasteiger partial charge in [-0.05, 0) is 18.9 Å². The summed E-state index contributed by atoms with van der Waals surface area (Å²) in [4.78, 5) is 8.77. The second kappa shape index (κ2) is 6.36. The summed E-state index contributed by atoms with van der Waals surface area (Å²) in [6, 6.07) is 1.81. The number of methoxy groups -OCH3 is 1. The van der Waals surface area contributed by atoms with Gasteiger partial charge in [-0.25, -0.2) is 9.97 Å². The molecule has 2 heterocycles. The normalized spacial score (nSPS) is 11.3. The minimum atomic E-state index is 0.373. The quantitative estimate of drug-likeness (QED) is 0.605. The maximum Gasteiger partial charge on any atom is 0.160 e. The molecule has 0 amide bonds. The van der Waals surface area contributed by atoms with Crippen molar-refractivity contribution in [1.82, 2.24) is 14.5 Å². The number of hydrogen-bond donors (Lipinski definition) is 0. The Kier molecular flexibility index (Phi) is 4.80. The van der Waals surface area contributed by atoms with E-state index >= 15 is 0 Å². The fourth-order valence-corrected chi connectivity index (χ4v) is 2.24. The van der Waals surface area contributed by atoms with E-state index in [0.717, 1.165) is 43.0 Å². The number of fused-ring (bicyclic) bond motifs is 1. The molecular formula is C12H15Cl2N3O. The molecule has 0 N–H and O–H groups in total. The Morgan fingerprint density at radius 2 is 2.22 bits per heavy atom. The smallest absolute Gasteiger partial charge is 0.160 e. The molecule has 0 saturated heterocycles. The van der Waals surface area contributed by atoms with Gasteiger partial charge in [0, 0.05) is 26.5 Å². The van der Waals surface area contributed by atoms with E-state index < -0.39 is 0 Å². The van der Waals surface area contributed by atoms with Crippen LogP contribution < -0.4 is 0 Å². The van der Waals surface area contributed by atoms with Crippen LogP contribution in [0.25, 0.3) is 11.2 Å². The molecular weight excluding hydrogens is 273 g/mol.